The Balaban J connectivity index is 1.27. The number of rotatable bonds is 7. The van der Waals surface area contributed by atoms with Gasteiger partial charge in [-0.1, -0.05) is 48.0 Å². The summed E-state index contributed by atoms with van der Waals surface area (Å²) < 4.78 is 5.66. The van der Waals surface area contributed by atoms with Crippen molar-refractivity contribution in [3.05, 3.63) is 95.1 Å². The van der Waals surface area contributed by atoms with Crippen LogP contribution in [0, 0.1) is 6.92 Å². The molecule has 0 saturated heterocycles. The third-order valence-corrected chi connectivity index (χ3v) is 5.47. The van der Waals surface area contributed by atoms with Crippen molar-refractivity contribution in [3.8, 4) is 5.75 Å². The Morgan fingerprint density at radius 3 is 2.57 bits per heavy atom. The van der Waals surface area contributed by atoms with E-state index in [9.17, 15) is 4.79 Å². The van der Waals surface area contributed by atoms with Gasteiger partial charge in [-0.3, -0.25) is 4.79 Å². The monoisotopic (exact) mass is 400 g/mol. The molecule has 0 atom stereocenters. The average Bonchev–Trinajstić information content (AvgIpc) is 2.78. The number of aryl methyl sites for hydroxylation is 2. The van der Waals surface area contributed by atoms with E-state index >= 15 is 0 Å². The van der Waals surface area contributed by atoms with Gasteiger partial charge in [0.05, 0.1) is 6.54 Å². The van der Waals surface area contributed by atoms with E-state index < -0.39 is 0 Å². The maximum atomic E-state index is 12.4. The van der Waals surface area contributed by atoms with Crippen molar-refractivity contribution in [2.45, 2.75) is 26.3 Å². The summed E-state index contributed by atoms with van der Waals surface area (Å²) in [5.41, 5.74) is 5.84. The van der Waals surface area contributed by atoms with Gasteiger partial charge in [0.2, 0.25) is 0 Å². The molecule has 0 aliphatic carbocycles. The lowest BCUT2D eigenvalue weighted by Gasteiger charge is -2.31. The van der Waals surface area contributed by atoms with E-state index in [4.69, 9.17) is 4.74 Å². The fourth-order valence-corrected chi connectivity index (χ4v) is 3.83. The molecule has 3 aromatic carbocycles. The minimum absolute atomic E-state index is 0.0719. The van der Waals surface area contributed by atoms with Crippen molar-refractivity contribution >= 4 is 11.6 Å². The fourth-order valence-electron chi connectivity index (χ4n) is 3.83. The van der Waals surface area contributed by atoms with Crippen LogP contribution in [0.3, 0.4) is 0 Å². The van der Waals surface area contributed by atoms with Crippen LogP contribution in [0.25, 0.3) is 0 Å². The molecule has 4 rings (SSSR count). The number of carbonyl (C=O) groups excluding carboxylic acids is 1. The highest BCUT2D eigenvalue weighted by Crippen LogP contribution is 2.28. The molecule has 30 heavy (non-hydrogen) atoms. The normalized spacial score (nSPS) is 12.9. The molecule has 4 heteroatoms. The summed E-state index contributed by atoms with van der Waals surface area (Å²) in [6.45, 7) is 4.89. The lowest BCUT2D eigenvalue weighted by atomic mass is 10.0. The molecule has 1 amide bonds. The van der Waals surface area contributed by atoms with E-state index in [1.165, 1.54) is 28.8 Å². The standard InChI is InChI=1S/C26H28N2O2/c1-20-8-14-24(15-9-20)30-18-16-27-26(29)23-12-10-21(11-13-23)19-28-17-4-6-22-5-2-3-7-25(22)28/h2-3,5,7-15H,4,6,16-19H2,1H3,(H,27,29). The molecule has 0 unspecified atom stereocenters. The molecule has 4 nitrogen and oxygen atoms in total. The van der Waals surface area contributed by atoms with Gasteiger partial charge in [0.1, 0.15) is 12.4 Å². The zero-order chi connectivity index (χ0) is 20.8. The van der Waals surface area contributed by atoms with Gasteiger partial charge in [-0.15, -0.1) is 0 Å². The van der Waals surface area contributed by atoms with Crippen LogP contribution in [0.15, 0.2) is 72.8 Å². The maximum absolute atomic E-state index is 12.4. The Kier molecular flexibility index (Phi) is 6.33. The van der Waals surface area contributed by atoms with Gasteiger partial charge < -0.3 is 15.0 Å². The van der Waals surface area contributed by atoms with Gasteiger partial charge >= 0.3 is 0 Å². The van der Waals surface area contributed by atoms with E-state index in [0.29, 0.717) is 18.7 Å². The first kappa shape index (κ1) is 20.0. The van der Waals surface area contributed by atoms with Crippen LogP contribution in [0.5, 0.6) is 5.75 Å². The maximum Gasteiger partial charge on any atom is 0.251 e. The Labute approximate surface area is 178 Å². The Hall–Kier alpha value is -3.27. The SMILES string of the molecule is Cc1ccc(OCCNC(=O)c2ccc(CN3CCCc4ccccc43)cc2)cc1. The zero-order valence-electron chi connectivity index (χ0n) is 17.4. The van der Waals surface area contributed by atoms with Crippen molar-refractivity contribution in [2.75, 3.05) is 24.6 Å². The Morgan fingerprint density at radius 1 is 1.00 bits per heavy atom. The van der Waals surface area contributed by atoms with E-state index in [-0.39, 0.29) is 5.91 Å². The first-order valence-corrected chi connectivity index (χ1v) is 10.6. The summed E-state index contributed by atoms with van der Waals surface area (Å²) in [4.78, 5) is 14.8. The summed E-state index contributed by atoms with van der Waals surface area (Å²) in [6.07, 6.45) is 2.33. The molecular formula is C26H28N2O2. The molecule has 1 heterocycles. The Morgan fingerprint density at radius 2 is 1.77 bits per heavy atom. The molecule has 1 N–H and O–H groups in total. The lowest BCUT2D eigenvalue weighted by Crippen LogP contribution is -2.29. The minimum Gasteiger partial charge on any atom is -0.492 e. The smallest absolute Gasteiger partial charge is 0.251 e. The van der Waals surface area contributed by atoms with Gasteiger partial charge in [-0.05, 0) is 61.2 Å². The number of para-hydroxylation sites is 1. The first-order valence-electron chi connectivity index (χ1n) is 10.6. The van der Waals surface area contributed by atoms with E-state index in [0.717, 1.165) is 25.3 Å². The molecule has 0 spiro atoms. The number of anilines is 1. The van der Waals surface area contributed by atoms with Crippen LogP contribution in [0.4, 0.5) is 5.69 Å². The van der Waals surface area contributed by atoms with Crippen molar-refractivity contribution < 1.29 is 9.53 Å². The van der Waals surface area contributed by atoms with Crippen LogP contribution >= 0.6 is 0 Å². The summed E-state index contributed by atoms with van der Waals surface area (Å²) >= 11 is 0. The van der Waals surface area contributed by atoms with Crippen molar-refractivity contribution in [2.24, 2.45) is 0 Å². The molecule has 0 saturated carbocycles. The van der Waals surface area contributed by atoms with Crippen molar-refractivity contribution in [1.29, 1.82) is 0 Å². The van der Waals surface area contributed by atoms with Crippen LogP contribution in [-0.2, 0) is 13.0 Å². The van der Waals surface area contributed by atoms with E-state index in [2.05, 4.69) is 46.6 Å². The number of benzene rings is 3. The number of nitrogens with one attached hydrogen (secondary N) is 1. The lowest BCUT2D eigenvalue weighted by molar-refractivity contribution is 0.0947. The highest BCUT2D eigenvalue weighted by Gasteiger charge is 2.16. The second-order valence-corrected chi connectivity index (χ2v) is 7.77. The highest BCUT2D eigenvalue weighted by atomic mass is 16.5. The van der Waals surface area contributed by atoms with Gasteiger partial charge in [0.15, 0.2) is 0 Å². The van der Waals surface area contributed by atoms with Crippen molar-refractivity contribution in [1.82, 2.24) is 5.32 Å². The highest BCUT2D eigenvalue weighted by molar-refractivity contribution is 5.94. The fraction of sp³-hybridized carbons (Fsp3) is 0.269. The number of fused-ring (bicyclic) bond motifs is 1. The van der Waals surface area contributed by atoms with Gasteiger partial charge in [0, 0.05) is 24.3 Å². The average molecular weight is 401 g/mol. The zero-order valence-corrected chi connectivity index (χ0v) is 17.4. The molecule has 0 radical (unpaired) electrons. The number of ether oxygens (including phenoxy) is 1. The molecule has 0 aromatic heterocycles. The quantitative estimate of drug-likeness (QED) is 0.582. The predicted octanol–water partition coefficient (Wildman–Crippen LogP) is 4.76. The van der Waals surface area contributed by atoms with Gasteiger partial charge in [-0.2, -0.15) is 0 Å². The number of carbonyl (C=O) groups is 1. The van der Waals surface area contributed by atoms with E-state index in [1.54, 1.807) is 0 Å². The van der Waals surface area contributed by atoms with Crippen LogP contribution in [0.2, 0.25) is 0 Å². The van der Waals surface area contributed by atoms with Crippen LogP contribution < -0.4 is 15.0 Å². The third kappa shape index (κ3) is 5.01. The van der Waals surface area contributed by atoms with Crippen LogP contribution in [-0.4, -0.2) is 25.6 Å². The summed E-state index contributed by atoms with van der Waals surface area (Å²) in [5, 5.41) is 2.92. The van der Waals surface area contributed by atoms with Crippen molar-refractivity contribution in [3.63, 3.8) is 0 Å². The van der Waals surface area contributed by atoms with E-state index in [1.807, 2.05) is 43.3 Å². The minimum atomic E-state index is -0.0719. The summed E-state index contributed by atoms with van der Waals surface area (Å²) in [7, 11) is 0. The third-order valence-electron chi connectivity index (χ3n) is 5.47. The number of nitrogens with zero attached hydrogens (tertiary/aromatic N) is 1. The molecular weight excluding hydrogens is 372 g/mol. The molecule has 1 aliphatic heterocycles. The van der Waals surface area contributed by atoms with Gasteiger partial charge in [0.25, 0.3) is 5.91 Å². The largest absolute Gasteiger partial charge is 0.492 e. The van der Waals surface area contributed by atoms with Gasteiger partial charge in [-0.25, -0.2) is 0 Å². The first-order chi connectivity index (χ1) is 14.7. The second kappa shape index (κ2) is 9.49. The molecule has 3 aromatic rings. The predicted molar refractivity (Wildman–Crippen MR) is 121 cm³/mol. The molecule has 0 bridgehead atoms. The number of amides is 1. The topological polar surface area (TPSA) is 41.6 Å². The summed E-state index contributed by atoms with van der Waals surface area (Å²) in [6, 6.07) is 24.5. The molecule has 1 aliphatic rings. The number of hydrogen-bond donors (Lipinski definition) is 1. The Bertz CT molecular complexity index is 981. The summed E-state index contributed by atoms with van der Waals surface area (Å²) in [5.74, 6) is 0.746. The van der Waals surface area contributed by atoms with Crippen LogP contribution in [0.1, 0.15) is 33.5 Å². The number of hydrogen-bond acceptors (Lipinski definition) is 3. The molecule has 154 valence electrons. The molecule has 0 fully saturated rings. The second-order valence-electron chi connectivity index (χ2n) is 7.77.